The van der Waals surface area contributed by atoms with Gasteiger partial charge in [0.1, 0.15) is 0 Å². The van der Waals surface area contributed by atoms with E-state index in [1.807, 2.05) is 0 Å². The van der Waals surface area contributed by atoms with Gasteiger partial charge < -0.3 is 18.7 Å². The molecule has 0 fully saturated rings. The minimum absolute atomic E-state index is 0.00362. The van der Waals surface area contributed by atoms with Gasteiger partial charge in [-0.3, -0.25) is 0 Å². The second kappa shape index (κ2) is 8.92. The van der Waals surface area contributed by atoms with E-state index < -0.39 is 26.2 Å². The summed E-state index contributed by atoms with van der Waals surface area (Å²) in [5, 5.41) is 8.80. The Kier molecular flexibility index (Phi) is 9.11. The number of ether oxygens (including phenoxy) is 1. The summed E-state index contributed by atoms with van der Waals surface area (Å²) in [5.41, 5.74) is -0.272. The van der Waals surface area contributed by atoms with Crippen molar-refractivity contribution in [2.45, 2.75) is 90.1 Å². The van der Waals surface area contributed by atoms with Gasteiger partial charge in [-0.05, 0) is 47.3 Å². The minimum Gasteiger partial charge on any atom is -0.415 e. The zero-order valence-electron chi connectivity index (χ0n) is 17.9. The topological polar surface area (TPSA) is 47.9 Å². The summed E-state index contributed by atoms with van der Waals surface area (Å²) in [7, 11) is -4.40. The number of hydrogen-bond acceptors (Lipinski definition) is 4. The van der Waals surface area contributed by atoms with E-state index in [0.717, 1.165) is 0 Å². The van der Waals surface area contributed by atoms with Crippen LogP contribution < -0.4 is 0 Å². The van der Waals surface area contributed by atoms with E-state index in [4.69, 9.17) is 18.7 Å². The molecule has 0 aromatic carbocycles. The number of aliphatic hydroxyl groups is 1. The molecule has 0 aliphatic rings. The summed E-state index contributed by atoms with van der Waals surface area (Å²) in [6.07, 6.45) is 0.632. The van der Waals surface area contributed by atoms with Crippen LogP contribution in [0.2, 0.25) is 37.8 Å². The van der Waals surface area contributed by atoms with Crippen LogP contribution in [0.3, 0.4) is 0 Å². The van der Waals surface area contributed by atoms with Gasteiger partial charge in [0.15, 0.2) is 17.4 Å². The predicted molar refractivity (Wildman–Crippen MR) is 112 cm³/mol. The second-order valence-electron chi connectivity index (χ2n) is 9.23. The van der Waals surface area contributed by atoms with Gasteiger partial charge in [0.2, 0.25) is 0 Å². The molecular weight excluding hydrogens is 352 g/mol. The number of aliphatic hydroxyl groups excluding tert-OH is 1. The third-order valence-electron chi connectivity index (χ3n) is 6.00. The Bertz CT molecular complexity index is 382. The first-order valence-corrected chi connectivity index (χ1v) is 17.4. The summed E-state index contributed by atoms with van der Waals surface area (Å²) in [4.78, 5) is 0. The third-order valence-corrected chi connectivity index (χ3v) is 15.5. The van der Waals surface area contributed by atoms with Gasteiger partial charge in [-0.1, -0.05) is 26.9 Å². The average Bonchev–Trinajstić information content (AvgIpc) is 2.36. The molecule has 0 aliphatic carbocycles. The van der Waals surface area contributed by atoms with Crippen molar-refractivity contribution in [3.05, 3.63) is 0 Å². The lowest BCUT2D eigenvalue weighted by molar-refractivity contribution is 0.0335. The number of hydrogen-bond donors (Lipinski definition) is 1. The Morgan fingerprint density at radius 3 is 1.88 bits per heavy atom. The van der Waals surface area contributed by atoms with Gasteiger partial charge in [-0.15, -0.1) is 0 Å². The second-order valence-corrected chi connectivity index (χ2v) is 19.6. The summed E-state index contributed by atoms with van der Waals surface area (Å²) < 4.78 is 18.8. The molecule has 7 heteroatoms. The van der Waals surface area contributed by atoms with Crippen LogP contribution in [0.5, 0.6) is 0 Å². The summed E-state index contributed by atoms with van der Waals surface area (Å²) in [5.74, 6) is 0. The van der Waals surface area contributed by atoms with Crippen molar-refractivity contribution in [2.75, 3.05) is 19.4 Å². The highest BCUT2D eigenvalue weighted by molar-refractivity contribution is 6.75. The highest BCUT2D eigenvalue weighted by Gasteiger charge is 2.54. The van der Waals surface area contributed by atoms with Gasteiger partial charge in [0.05, 0.1) is 33.8 Å². The van der Waals surface area contributed by atoms with E-state index in [2.05, 4.69) is 74.3 Å². The summed E-state index contributed by atoms with van der Waals surface area (Å²) >= 11 is 0. The smallest absolute Gasteiger partial charge is 0.199 e. The first-order chi connectivity index (χ1) is 10.6. The van der Waals surface area contributed by atoms with Crippen molar-refractivity contribution >= 4 is 26.2 Å². The third kappa shape index (κ3) is 6.34. The van der Waals surface area contributed by atoms with Crippen molar-refractivity contribution in [3.63, 3.8) is 0 Å². The van der Waals surface area contributed by atoms with E-state index in [9.17, 15) is 0 Å². The Morgan fingerprint density at radius 1 is 0.958 bits per heavy atom. The van der Waals surface area contributed by atoms with Crippen LogP contribution in [-0.4, -0.2) is 61.5 Å². The van der Waals surface area contributed by atoms with Crippen molar-refractivity contribution in [2.24, 2.45) is 0 Å². The lowest BCUT2D eigenvalue weighted by atomic mass is 9.94. The molecule has 0 bridgehead atoms. The van der Waals surface area contributed by atoms with Crippen LogP contribution in [0.25, 0.3) is 0 Å². The maximum atomic E-state index is 8.84. The zero-order valence-corrected chi connectivity index (χ0v) is 21.3. The van der Waals surface area contributed by atoms with Crippen LogP contribution in [0.1, 0.15) is 41.5 Å². The first-order valence-electron chi connectivity index (χ1n) is 9.17. The normalized spacial score (nSPS) is 15.9. The van der Waals surface area contributed by atoms with E-state index in [1.54, 1.807) is 0 Å². The van der Waals surface area contributed by atoms with Gasteiger partial charge in [0.25, 0.3) is 0 Å². The van der Waals surface area contributed by atoms with Crippen molar-refractivity contribution < 1.29 is 18.7 Å². The zero-order chi connectivity index (χ0) is 19.4. The molecule has 0 heterocycles. The fourth-order valence-corrected chi connectivity index (χ4v) is 9.52. The molecule has 0 saturated carbocycles. The standard InChI is InChI=1S/C17H42O4Si3/c1-15(2,20-23(9)14-19-13-12-18)16(3,4)24(10,11)21-17(5,6)22(7)8/h18,22-23H,12-14H2,1-11H3. The molecule has 24 heavy (non-hydrogen) atoms. The van der Waals surface area contributed by atoms with E-state index in [0.29, 0.717) is 12.8 Å². The van der Waals surface area contributed by atoms with E-state index >= 15 is 0 Å². The summed E-state index contributed by atoms with van der Waals surface area (Å²) in [6.45, 7) is 25.5. The Balaban J connectivity index is 5.15. The van der Waals surface area contributed by atoms with Crippen molar-refractivity contribution in [1.29, 1.82) is 0 Å². The van der Waals surface area contributed by atoms with Crippen molar-refractivity contribution in [3.8, 4) is 0 Å². The SMILES string of the molecule is C[SiH](COCCO)OC(C)(C)C(C)(C)[Si](C)(C)OC(C)(C)[SiH](C)C. The minimum atomic E-state index is -2.02. The Labute approximate surface area is 154 Å². The molecule has 0 amide bonds. The fourth-order valence-electron chi connectivity index (χ4n) is 2.63. The molecule has 0 radical (unpaired) electrons. The van der Waals surface area contributed by atoms with Crippen LogP contribution >= 0.6 is 0 Å². The Morgan fingerprint density at radius 2 is 1.46 bits per heavy atom. The molecule has 0 aromatic heterocycles. The molecule has 1 unspecified atom stereocenters. The van der Waals surface area contributed by atoms with Crippen LogP contribution in [-0.2, 0) is 13.6 Å². The number of rotatable bonds is 11. The quantitative estimate of drug-likeness (QED) is 0.430. The molecule has 0 saturated heterocycles. The maximum Gasteiger partial charge on any atom is 0.199 e. The van der Waals surface area contributed by atoms with Gasteiger partial charge in [-0.2, -0.15) is 0 Å². The molecule has 1 N–H and O–H groups in total. The molecular formula is C17H42O4Si3. The largest absolute Gasteiger partial charge is 0.415 e. The van der Waals surface area contributed by atoms with Crippen LogP contribution in [0.4, 0.5) is 0 Å². The van der Waals surface area contributed by atoms with Crippen LogP contribution in [0, 0.1) is 0 Å². The predicted octanol–water partition coefficient (Wildman–Crippen LogP) is 3.49. The van der Waals surface area contributed by atoms with E-state index in [1.165, 1.54) is 0 Å². The molecule has 0 rings (SSSR count). The van der Waals surface area contributed by atoms with Gasteiger partial charge in [-0.25, -0.2) is 0 Å². The van der Waals surface area contributed by atoms with E-state index in [-0.39, 0.29) is 22.5 Å². The lowest BCUT2D eigenvalue weighted by Crippen LogP contribution is -2.60. The molecule has 1 atom stereocenters. The highest BCUT2D eigenvalue weighted by atomic mass is 28.4. The highest BCUT2D eigenvalue weighted by Crippen LogP contribution is 2.50. The van der Waals surface area contributed by atoms with Crippen molar-refractivity contribution in [1.82, 2.24) is 0 Å². The average molecular weight is 395 g/mol. The molecule has 0 aliphatic heterocycles. The lowest BCUT2D eigenvalue weighted by Gasteiger charge is -2.53. The van der Waals surface area contributed by atoms with Gasteiger partial charge >= 0.3 is 0 Å². The van der Waals surface area contributed by atoms with Gasteiger partial charge in [0, 0.05) is 10.3 Å². The van der Waals surface area contributed by atoms with Crippen LogP contribution in [0.15, 0.2) is 0 Å². The molecule has 0 aromatic rings. The summed E-state index contributed by atoms with van der Waals surface area (Å²) in [6, 6.07) is 0. The molecule has 146 valence electrons. The Hall–Kier alpha value is 0.491. The fraction of sp³-hybridized carbons (Fsp3) is 1.00. The maximum absolute atomic E-state index is 8.84. The molecule has 0 spiro atoms. The first kappa shape index (κ1) is 24.5. The monoisotopic (exact) mass is 394 g/mol. The molecule has 4 nitrogen and oxygen atoms in total.